The summed E-state index contributed by atoms with van der Waals surface area (Å²) in [5, 5.41) is 0. The largest absolute Gasteiger partial charge is 0.365 e. The lowest BCUT2D eigenvalue weighted by molar-refractivity contribution is -0.119. The molecule has 4 heteroatoms. The number of hydrogen-bond donors (Lipinski definition) is 1. The maximum atomic E-state index is 9.73. The van der Waals surface area contributed by atoms with Crippen molar-refractivity contribution in [3.63, 3.8) is 0 Å². The van der Waals surface area contributed by atoms with Crippen molar-refractivity contribution < 1.29 is 14.6 Å². The molecule has 1 aliphatic heterocycles. The van der Waals surface area contributed by atoms with Gasteiger partial charge in [-0.2, -0.15) is 9.78 Å². The Morgan fingerprint density at radius 2 is 2.17 bits per heavy atom. The molecule has 0 aromatic carbocycles. The first-order valence-corrected chi connectivity index (χ1v) is 1.42. The third-order valence-corrected chi connectivity index (χ3v) is 0.425. The Balaban J connectivity index is 2.31. The molecule has 0 aliphatic carbocycles. The van der Waals surface area contributed by atoms with E-state index in [2.05, 4.69) is 15.5 Å². The Morgan fingerprint density at radius 3 is 2.17 bits per heavy atom. The van der Waals surface area contributed by atoms with Gasteiger partial charge >= 0.3 is 6.29 Å². The van der Waals surface area contributed by atoms with Gasteiger partial charge in [-0.15, -0.1) is 0 Å². The fraction of sp³-hybridized carbons (Fsp3) is 0.500. The quantitative estimate of drug-likeness (QED) is 0.322. The van der Waals surface area contributed by atoms with E-state index in [1.807, 2.05) is 0 Å². The Hall–Kier alpha value is -0.610. The summed E-state index contributed by atoms with van der Waals surface area (Å²) in [4.78, 5) is 17.7. The van der Waals surface area contributed by atoms with Crippen LogP contribution in [0.3, 0.4) is 0 Å². The number of nitrogens with two attached hydrogens (primary N) is 1. The SMILES string of the molecule is NC(=O)C1OO1. The third kappa shape index (κ3) is 0.474. The van der Waals surface area contributed by atoms with Crippen LogP contribution < -0.4 is 5.73 Å². The Labute approximate surface area is 33.8 Å². The number of carbonyl (C=O) groups excluding carboxylic acids is 1. The molecule has 1 saturated heterocycles. The molecule has 0 bridgehead atoms. The van der Waals surface area contributed by atoms with E-state index in [1.165, 1.54) is 0 Å². The molecule has 0 aromatic heterocycles. The standard InChI is InChI=1S/C2H3NO3/c3-1(4)2-5-6-2/h2H,(H2,3,4). The number of carbonyl (C=O) groups is 1. The summed E-state index contributed by atoms with van der Waals surface area (Å²) in [6.45, 7) is 0. The molecule has 6 heavy (non-hydrogen) atoms. The van der Waals surface area contributed by atoms with Crippen LogP contribution in [0.1, 0.15) is 0 Å². The molecule has 4 nitrogen and oxygen atoms in total. The van der Waals surface area contributed by atoms with Crippen LogP contribution in [-0.4, -0.2) is 12.2 Å². The van der Waals surface area contributed by atoms with E-state index < -0.39 is 12.2 Å². The highest BCUT2D eigenvalue weighted by atomic mass is 17.4. The summed E-state index contributed by atoms with van der Waals surface area (Å²) in [5.74, 6) is -0.574. The second-order valence-electron chi connectivity index (χ2n) is 0.927. The molecule has 0 aromatic rings. The first kappa shape index (κ1) is 3.58. The normalized spacial score (nSPS) is 20.7. The first-order valence-electron chi connectivity index (χ1n) is 1.42. The highest BCUT2D eigenvalue weighted by Crippen LogP contribution is 2.08. The van der Waals surface area contributed by atoms with Gasteiger partial charge in [-0.1, -0.05) is 0 Å². The summed E-state index contributed by atoms with van der Waals surface area (Å²) in [6, 6.07) is 0. The fourth-order valence-electron chi connectivity index (χ4n) is 0.123. The predicted octanol–water partition coefficient (Wildman–Crippen LogP) is -1.24. The van der Waals surface area contributed by atoms with E-state index in [9.17, 15) is 4.79 Å². The molecule has 0 atom stereocenters. The van der Waals surface area contributed by atoms with Gasteiger partial charge < -0.3 is 5.73 Å². The van der Waals surface area contributed by atoms with Crippen LogP contribution in [0.2, 0.25) is 0 Å². The summed E-state index contributed by atoms with van der Waals surface area (Å²) < 4.78 is 0. The van der Waals surface area contributed by atoms with E-state index >= 15 is 0 Å². The second kappa shape index (κ2) is 0.924. The lowest BCUT2D eigenvalue weighted by Gasteiger charge is -1.68. The zero-order valence-electron chi connectivity index (χ0n) is 2.88. The van der Waals surface area contributed by atoms with E-state index in [0.717, 1.165) is 0 Å². The zero-order chi connectivity index (χ0) is 4.57. The van der Waals surface area contributed by atoms with Gasteiger partial charge in [0, 0.05) is 0 Å². The van der Waals surface area contributed by atoms with Gasteiger partial charge in [0.05, 0.1) is 0 Å². The molecule has 0 radical (unpaired) electrons. The number of hydrogen-bond acceptors (Lipinski definition) is 3. The number of primary amides is 1. The smallest absolute Gasteiger partial charge is 0.301 e. The van der Waals surface area contributed by atoms with Gasteiger partial charge in [-0.05, 0) is 0 Å². The van der Waals surface area contributed by atoms with Crippen molar-refractivity contribution in [2.24, 2.45) is 5.73 Å². The summed E-state index contributed by atoms with van der Waals surface area (Å²) in [5.41, 5.74) is 4.61. The van der Waals surface area contributed by atoms with Gasteiger partial charge in [-0.25, -0.2) is 0 Å². The van der Waals surface area contributed by atoms with Crippen LogP contribution in [0.5, 0.6) is 0 Å². The Morgan fingerprint density at radius 1 is 1.67 bits per heavy atom. The van der Waals surface area contributed by atoms with Crippen LogP contribution >= 0.6 is 0 Å². The summed E-state index contributed by atoms with van der Waals surface area (Å²) >= 11 is 0. The zero-order valence-corrected chi connectivity index (χ0v) is 2.88. The van der Waals surface area contributed by atoms with Crippen LogP contribution in [0.15, 0.2) is 0 Å². The lowest BCUT2D eigenvalue weighted by Crippen LogP contribution is -2.16. The van der Waals surface area contributed by atoms with Gasteiger partial charge in [0.2, 0.25) is 0 Å². The van der Waals surface area contributed by atoms with Crippen molar-refractivity contribution in [3.8, 4) is 0 Å². The molecule has 1 fully saturated rings. The highest BCUT2D eigenvalue weighted by molar-refractivity contribution is 5.78. The molecular formula is C2H3NO3. The Bertz CT molecular complexity index is 76.9. The molecule has 1 heterocycles. The molecule has 1 rings (SSSR count). The molecule has 1 amide bonds. The predicted molar refractivity (Wildman–Crippen MR) is 15.2 cm³/mol. The van der Waals surface area contributed by atoms with E-state index in [4.69, 9.17) is 0 Å². The van der Waals surface area contributed by atoms with Crippen LogP contribution in [0, 0.1) is 0 Å². The number of rotatable bonds is 1. The van der Waals surface area contributed by atoms with Crippen molar-refractivity contribution in [1.82, 2.24) is 0 Å². The average Bonchev–Trinajstić information content (AvgIpc) is 2.06. The van der Waals surface area contributed by atoms with Gasteiger partial charge in [0.1, 0.15) is 0 Å². The van der Waals surface area contributed by atoms with E-state index in [0.29, 0.717) is 0 Å². The van der Waals surface area contributed by atoms with E-state index in [-0.39, 0.29) is 0 Å². The minimum atomic E-state index is -0.759. The van der Waals surface area contributed by atoms with Crippen LogP contribution in [0.4, 0.5) is 0 Å². The molecular weight excluding hydrogens is 86.0 g/mol. The van der Waals surface area contributed by atoms with Crippen LogP contribution in [-0.2, 0) is 14.6 Å². The van der Waals surface area contributed by atoms with Gasteiger partial charge in [0.25, 0.3) is 5.91 Å². The lowest BCUT2D eigenvalue weighted by atomic mass is 10.7. The topological polar surface area (TPSA) is 68.2 Å². The van der Waals surface area contributed by atoms with Crippen LogP contribution in [0.25, 0.3) is 0 Å². The minimum absolute atomic E-state index is 0.574. The van der Waals surface area contributed by atoms with Gasteiger partial charge in [0.15, 0.2) is 0 Å². The molecule has 0 unspecified atom stereocenters. The Kier molecular flexibility index (Phi) is 0.551. The second-order valence-corrected chi connectivity index (χ2v) is 0.927. The monoisotopic (exact) mass is 89.0 g/mol. The minimum Gasteiger partial charge on any atom is -0.365 e. The molecule has 2 N–H and O–H groups in total. The highest BCUT2D eigenvalue weighted by Gasteiger charge is 2.32. The maximum Gasteiger partial charge on any atom is 0.301 e. The molecule has 34 valence electrons. The number of amides is 1. The fourth-order valence-corrected chi connectivity index (χ4v) is 0.123. The molecule has 0 spiro atoms. The van der Waals surface area contributed by atoms with Crippen molar-refractivity contribution in [3.05, 3.63) is 0 Å². The average molecular weight is 89.0 g/mol. The van der Waals surface area contributed by atoms with E-state index in [1.54, 1.807) is 0 Å². The van der Waals surface area contributed by atoms with Crippen molar-refractivity contribution >= 4 is 5.91 Å². The first-order chi connectivity index (χ1) is 2.80. The van der Waals surface area contributed by atoms with Crippen molar-refractivity contribution in [2.45, 2.75) is 6.29 Å². The van der Waals surface area contributed by atoms with Gasteiger partial charge in [-0.3, -0.25) is 4.79 Å². The molecule has 0 saturated carbocycles. The summed E-state index contributed by atoms with van der Waals surface area (Å²) in [6.07, 6.45) is -0.759. The summed E-state index contributed by atoms with van der Waals surface area (Å²) in [7, 11) is 0. The third-order valence-electron chi connectivity index (χ3n) is 0.425. The van der Waals surface area contributed by atoms with Crippen molar-refractivity contribution in [1.29, 1.82) is 0 Å². The molecule has 1 aliphatic rings. The van der Waals surface area contributed by atoms with Crippen molar-refractivity contribution in [2.75, 3.05) is 0 Å². The maximum absolute atomic E-state index is 9.73.